The summed E-state index contributed by atoms with van der Waals surface area (Å²) in [6.07, 6.45) is -0.844. The number of carbonyl (C=O) groups excluding carboxylic acids is 1. The van der Waals surface area contributed by atoms with Crippen LogP contribution in [-0.4, -0.2) is 33.6 Å². The van der Waals surface area contributed by atoms with Crippen molar-refractivity contribution in [3.8, 4) is 5.75 Å². The molecule has 0 fully saturated rings. The van der Waals surface area contributed by atoms with Gasteiger partial charge in [-0.1, -0.05) is 29.8 Å². The average Bonchev–Trinajstić information content (AvgIpc) is 2.95. The summed E-state index contributed by atoms with van der Waals surface area (Å²) < 4.78 is 37.0. The molecule has 1 atom stereocenters. The van der Waals surface area contributed by atoms with E-state index in [4.69, 9.17) is 16.3 Å². The Morgan fingerprint density at radius 3 is 2.88 bits per heavy atom. The van der Waals surface area contributed by atoms with Crippen molar-refractivity contribution in [3.63, 3.8) is 0 Å². The van der Waals surface area contributed by atoms with Crippen LogP contribution in [0.15, 0.2) is 36.4 Å². The second-order valence-electron chi connectivity index (χ2n) is 5.30. The molecule has 4 rings (SSSR count). The molecule has 1 aliphatic rings. The van der Waals surface area contributed by atoms with Gasteiger partial charge in [-0.05, 0) is 18.2 Å². The van der Waals surface area contributed by atoms with Crippen LogP contribution in [0, 0.1) is 0 Å². The molecule has 0 amide bonds. The molecule has 128 valence electrons. The maximum Gasteiger partial charge on any atom is 0.387 e. The van der Waals surface area contributed by atoms with E-state index in [1.807, 2.05) is 0 Å². The quantitative estimate of drug-likeness (QED) is 0.712. The molecule has 9 heteroatoms. The molecule has 1 unspecified atom stereocenters. The molecule has 0 bridgehead atoms. The predicted octanol–water partition coefficient (Wildman–Crippen LogP) is 3.29. The summed E-state index contributed by atoms with van der Waals surface area (Å²) in [7, 11) is 0. The number of para-hydroxylation sites is 1. The zero-order valence-electron chi connectivity index (χ0n) is 12.5. The number of carbonyl (C=O) groups is 1. The molecule has 3 aromatic rings. The number of benzene rings is 1. The van der Waals surface area contributed by atoms with Gasteiger partial charge in [-0.3, -0.25) is 4.79 Å². The highest BCUT2D eigenvalue weighted by atomic mass is 35.5. The lowest BCUT2D eigenvalue weighted by atomic mass is 10.0. The van der Waals surface area contributed by atoms with Crippen LogP contribution in [0.3, 0.4) is 0 Å². The van der Waals surface area contributed by atoms with E-state index < -0.39 is 12.7 Å². The number of imidazole rings is 1. The first kappa shape index (κ1) is 15.9. The van der Waals surface area contributed by atoms with Gasteiger partial charge in [0.25, 0.3) is 0 Å². The fraction of sp³-hybridized carbons (Fsp3) is 0.188. The van der Waals surface area contributed by atoms with E-state index >= 15 is 0 Å². The van der Waals surface area contributed by atoms with E-state index in [9.17, 15) is 13.6 Å². The Bertz CT molecular complexity index is 976. The van der Waals surface area contributed by atoms with Crippen molar-refractivity contribution in [3.05, 3.63) is 58.5 Å². The van der Waals surface area contributed by atoms with Gasteiger partial charge in [0, 0.05) is 5.56 Å². The third-order valence-electron chi connectivity index (χ3n) is 3.79. The second-order valence-corrected chi connectivity index (χ2v) is 5.69. The number of hydrogen-bond acceptors (Lipinski definition) is 5. The third-order valence-corrected chi connectivity index (χ3v) is 3.99. The summed E-state index contributed by atoms with van der Waals surface area (Å²) in [5.74, 6) is -0.361. The molecule has 6 nitrogen and oxygen atoms in total. The summed E-state index contributed by atoms with van der Waals surface area (Å²) in [5.41, 5.74) is 1.27. The molecular weight excluding hydrogens is 356 g/mol. The van der Waals surface area contributed by atoms with E-state index in [1.54, 1.807) is 30.3 Å². The number of aromatic nitrogens is 3. The molecule has 25 heavy (non-hydrogen) atoms. The number of Topliss-reactive ketones (excluding diaryl/α,β-unsaturated/α-hetero) is 1. The maximum absolute atomic E-state index is 12.7. The van der Waals surface area contributed by atoms with Crippen molar-refractivity contribution in [2.24, 2.45) is 0 Å². The molecule has 0 radical (unpaired) electrons. The standard InChI is InChI=1S/C16H10ClF2N3O3/c17-11-5-6-12-20-13-9(23)7-24-15(14(13)22(12)21-11)8-3-1-2-4-10(8)25-16(18)19/h1-6,15-16H,7H2. The van der Waals surface area contributed by atoms with Gasteiger partial charge in [0.15, 0.2) is 5.65 Å². The third kappa shape index (κ3) is 2.73. The smallest absolute Gasteiger partial charge is 0.387 e. The molecule has 0 saturated heterocycles. The first-order chi connectivity index (χ1) is 12.0. The van der Waals surface area contributed by atoms with Gasteiger partial charge >= 0.3 is 6.61 Å². The Balaban J connectivity index is 1.92. The summed E-state index contributed by atoms with van der Waals surface area (Å²) in [6.45, 7) is -3.21. The van der Waals surface area contributed by atoms with Crippen molar-refractivity contribution < 1.29 is 23.0 Å². The van der Waals surface area contributed by atoms with E-state index in [0.29, 0.717) is 16.9 Å². The SMILES string of the molecule is O=C1COC(c2ccccc2OC(F)F)c2c1nc1ccc(Cl)nn21. The number of alkyl halides is 2. The highest BCUT2D eigenvalue weighted by Crippen LogP contribution is 2.38. The number of ether oxygens (including phenoxy) is 2. The van der Waals surface area contributed by atoms with Crippen molar-refractivity contribution in [2.45, 2.75) is 12.7 Å². The molecule has 0 saturated carbocycles. The number of hydrogen-bond donors (Lipinski definition) is 0. The van der Waals surface area contributed by atoms with Gasteiger partial charge in [0.1, 0.15) is 35.0 Å². The lowest BCUT2D eigenvalue weighted by Crippen LogP contribution is -2.25. The van der Waals surface area contributed by atoms with Crippen molar-refractivity contribution >= 4 is 23.0 Å². The Kier molecular flexibility index (Phi) is 3.85. The van der Waals surface area contributed by atoms with Gasteiger partial charge in [-0.2, -0.15) is 13.9 Å². The minimum atomic E-state index is -2.99. The topological polar surface area (TPSA) is 65.7 Å². The molecule has 0 N–H and O–H groups in total. The minimum Gasteiger partial charge on any atom is -0.434 e. The van der Waals surface area contributed by atoms with Crippen LogP contribution in [0.5, 0.6) is 5.75 Å². The fourth-order valence-corrected chi connectivity index (χ4v) is 2.95. The molecular formula is C16H10ClF2N3O3. The Morgan fingerprint density at radius 2 is 2.08 bits per heavy atom. The van der Waals surface area contributed by atoms with E-state index in [2.05, 4.69) is 14.8 Å². The zero-order chi connectivity index (χ0) is 17.6. The second kappa shape index (κ2) is 6.05. The fourth-order valence-electron chi connectivity index (χ4n) is 2.81. The van der Waals surface area contributed by atoms with E-state index in [1.165, 1.54) is 10.6 Å². The normalized spacial score (nSPS) is 17.1. The number of halogens is 3. The number of fused-ring (bicyclic) bond motifs is 3. The summed E-state index contributed by atoms with van der Waals surface area (Å²) in [5, 5.41) is 4.34. The summed E-state index contributed by atoms with van der Waals surface area (Å²) in [6, 6.07) is 9.38. The highest BCUT2D eigenvalue weighted by molar-refractivity contribution is 6.29. The van der Waals surface area contributed by atoms with Gasteiger partial charge < -0.3 is 9.47 Å². The number of rotatable bonds is 3. The Hall–Kier alpha value is -2.58. The van der Waals surface area contributed by atoms with Crippen LogP contribution in [0.2, 0.25) is 5.15 Å². The van der Waals surface area contributed by atoms with Crippen molar-refractivity contribution in [1.29, 1.82) is 0 Å². The predicted molar refractivity (Wildman–Crippen MR) is 83.2 cm³/mol. The number of nitrogens with zero attached hydrogens (tertiary/aromatic N) is 3. The van der Waals surface area contributed by atoms with Crippen LogP contribution < -0.4 is 4.74 Å². The first-order valence-corrected chi connectivity index (χ1v) is 7.66. The minimum absolute atomic E-state index is 0.0419. The lowest BCUT2D eigenvalue weighted by molar-refractivity contribution is -0.0521. The van der Waals surface area contributed by atoms with Crippen molar-refractivity contribution in [2.75, 3.05) is 6.61 Å². The maximum atomic E-state index is 12.7. The van der Waals surface area contributed by atoms with Gasteiger partial charge in [0.05, 0.1) is 0 Å². The average molecular weight is 366 g/mol. The molecule has 1 aliphatic heterocycles. The molecule has 1 aromatic carbocycles. The largest absolute Gasteiger partial charge is 0.434 e. The molecule has 2 aromatic heterocycles. The van der Waals surface area contributed by atoms with Crippen LogP contribution in [0.25, 0.3) is 5.65 Å². The number of ketones is 1. The van der Waals surface area contributed by atoms with E-state index in [-0.39, 0.29) is 29.0 Å². The first-order valence-electron chi connectivity index (χ1n) is 7.28. The molecule has 0 spiro atoms. The Labute approximate surface area is 144 Å². The Morgan fingerprint density at radius 1 is 1.28 bits per heavy atom. The molecule has 3 heterocycles. The van der Waals surface area contributed by atoms with Crippen LogP contribution >= 0.6 is 11.6 Å². The van der Waals surface area contributed by atoms with Gasteiger partial charge in [0.2, 0.25) is 5.78 Å². The monoisotopic (exact) mass is 365 g/mol. The van der Waals surface area contributed by atoms with Crippen LogP contribution in [0.4, 0.5) is 8.78 Å². The summed E-state index contributed by atoms with van der Waals surface area (Å²) in [4.78, 5) is 16.4. The lowest BCUT2D eigenvalue weighted by Gasteiger charge is -2.24. The molecule has 0 aliphatic carbocycles. The van der Waals surface area contributed by atoms with Gasteiger partial charge in [-0.25, -0.2) is 9.50 Å². The highest BCUT2D eigenvalue weighted by Gasteiger charge is 2.35. The van der Waals surface area contributed by atoms with Crippen LogP contribution in [0.1, 0.15) is 27.8 Å². The van der Waals surface area contributed by atoms with E-state index in [0.717, 1.165) is 0 Å². The van der Waals surface area contributed by atoms with Crippen LogP contribution in [-0.2, 0) is 4.74 Å². The zero-order valence-corrected chi connectivity index (χ0v) is 13.3. The van der Waals surface area contributed by atoms with Crippen molar-refractivity contribution in [1.82, 2.24) is 14.6 Å². The van der Waals surface area contributed by atoms with Gasteiger partial charge in [-0.15, -0.1) is 0 Å². The summed E-state index contributed by atoms with van der Waals surface area (Å²) >= 11 is 5.94.